The van der Waals surface area contributed by atoms with Gasteiger partial charge in [-0.2, -0.15) is 4.98 Å². The lowest BCUT2D eigenvalue weighted by Crippen LogP contribution is -2.06. The molecule has 0 fully saturated rings. The molecule has 0 radical (unpaired) electrons. The van der Waals surface area contributed by atoms with Crippen LogP contribution in [0.1, 0.15) is 69.8 Å². The average Bonchev–Trinajstić information content (AvgIpc) is 3.01. The van der Waals surface area contributed by atoms with Crippen LogP contribution in [-0.2, 0) is 6.42 Å². The van der Waals surface area contributed by atoms with E-state index in [2.05, 4.69) is 29.2 Å². The minimum absolute atomic E-state index is 0.204. The second-order valence-electron chi connectivity index (χ2n) is 5.96. The van der Waals surface area contributed by atoms with Crippen LogP contribution in [0.15, 0.2) is 28.8 Å². The topological polar surface area (TPSA) is 64.9 Å². The van der Waals surface area contributed by atoms with Crippen molar-refractivity contribution in [1.29, 1.82) is 0 Å². The van der Waals surface area contributed by atoms with E-state index in [1.165, 1.54) is 44.1 Å². The van der Waals surface area contributed by atoms with E-state index in [9.17, 15) is 0 Å². The lowest BCUT2D eigenvalue weighted by atomic mass is 10.0. The molecule has 2 rings (SSSR count). The molecule has 0 amide bonds. The molecule has 1 heterocycles. The zero-order valence-electron chi connectivity index (χ0n) is 13.7. The molecule has 0 aliphatic heterocycles. The molecule has 120 valence electrons. The first-order valence-electron chi connectivity index (χ1n) is 8.39. The summed E-state index contributed by atoms with van der Waals surface area (Å²) in [5.41, 5.74) is 8.06. The molecule has 4 nitrogen and oxygen atoms in total. The number of unbranched alkanes of at least 4 members (excludes halogenated alkanes) is 5. The number of benzene rings is 1. The number of rotatable bonds is 9. The van der Waals surface area contributed by atoms with Crippen molar-refractivity contribution in [2.24, 2.45) is 5.73 Å². The first-order chi connectivity index (χ1) is 10.7. The standard InChI is InChI=1S/C18H27N3O/c1-3-4-5-6-7-8-9-15-10-12-16(13-11-15)18-20-17(14(2)19)21-22-18/h10-14H,3-9,19H2,1-2H3/t14-/m0/s1. The van der Waals surface area contributed by atoms with E-state index in [4.69, 9.17) is 10.3 Å². The molecule has 0 aliphatic rings. The number of nitrogens with two attached hydrogens (primary N) is 1. The molecule has 4 heteroatoms. The number of hydrogen-bond donors (Lipinski definition) is 1. The Morgan fingerprint density at radius 2 is 1.73 bits per heavy atom. The Balaban J connectivity index is 1.82. The summed E-state index contributed by atoms with van der Waals surface area (Å²) in [6, 6.07) is 8.19. The second kappa shape index (κ2) is 8.69. The summed E-state index contributed by atoms with van der Waals surface area (Å²) >= 11 is 0. The van der Waals surface area contributed by atoms with Gasteiger partial charge in [0.2, 0.25) is 0 Å². The van der Waals surface area contributed by atoms with Gasteiger partial charge in [0.05, 0.1) is 6.04 Å². The molecule has 2 aromatic rings. The number of aryl methyl sites for hydroxylation is 1. The molecular weight excluding hydrogens is 274 g/mol. The van der Waals surface area contributed by atoms with Crippen molar-refractivity contribution in [3.63, 3.8) is 0 Å². The quantitative estimate of drug-likeness (QED) is 0.684. The van der Waals surface area contributed by atoms with Crippen molar-refractivity contribution in [3.05, 3.63) is 35.7 Å². The fourth-order valence-electron chi connectivity index (χ4n) is 2.46. The van der Waals surface area contributed by atoms with E-state index in [1.807, 2.05) is 19.1 Å². The average molecular weight is 301 g/mol. The largest absolute Gasteiger partial charge is 0.334 e. The summed E-state index contributed by atoms with van der Waals surface area (Å²) in [6.45, 7) is 4.10. The van der Waals surface area contributed by atoms with Crippen molar-refractivity contribution in [3.8, 4) is 11.5 Å². The summed E-state index contributed by atoms with van der Waals surface area (Å²) in [7, 11) is 0. The van der Waals surface area contributed by atoms with Crippen LogP contribution in [0, 0.1) is 0 Å². The molecule has 1 atom stereocenters. The van der Waals surface area contributed by atoms with Crippen molar-refractivity contribution < 1.29 is 4.52 Å². The van der Waals surface area contributed by atoms with Crippen molar-refractivity contribution in [1.82, 2.24) is 10.1 Å². The van der Waals surface area contributed by atoms with Crippen LogP contribution < -0.4 is 5.73 Å². The SMILES string of the molecule is CCCCCCCCc1ccc(-c2nc([C@H](C)N)no2)cc1. The van der Waals surface area contributed by atoms with E-state index in [0.717, 1.165) is 12.0 Å². The lowest BCUT2D eigenvalue weighted by Gasteiger charge is -2.03. The van der Waals surface area contributed by atoms with Gasteiger partial charge in [0, 0.05) is 5.56 Å². The van der Waals surface area contributed by atoms with Gasteiger partial charge >= 0.3 is 0 Å². The first-order valence-corrected chi connectivity index (χ1v) is 8.39. The van der Waals surface area contributed by atoms with Gasteiger partial charge in [-0.25, -0.2) is 0 Å². The smallest absolute Gasteiger partial charge is 0.257 e. The third-order valence-corrected chi connectivity index (χ3v) is 3.87. The fraction of sp³-hybridized carbons (Fsp3) is 0.556. The van der Waals surface area contributed by atoms with E-state index in [1.54, 1.807) is 0 Å². The van der Waals surface area contributed by atoms with Crippen LogP contribution in [0.25, 0.3) is 11.5 Å². The summed E-state index contributed by atoms with van der Waals surface area (Å²) in [5, 5.41) is 3.89. The zero-order valence-corrected chi connectivity index (χ0v) is 13.7. The molecule has 1 aromatic heterocycles. The van der Waals surface area contributed by atoms with E-state index < -0.39 is 0 Å². The van der Waals surface area contributed by atoms with Crippen LogP contribution in [0.5, 0.6) is 0 Å². The van der Waals surface area contributed by atoms with E-state index >= 15 is 0 Å². The minimum Gasteiger partial charge on any atom is -0.334 e. The van der Waals surface area contributed by atoms with E-state index in [0.29, 0.717) is 11.7 Å². The van der Waals surface area contributed by atoms with Gasteiger partial charge in [0.25, 0.3) is 5.89 Å². The summed E-state index contributed by atoms with van der Waals surface area (Å²) in [4.78, 5) is 4.31. The number of hydrogen-bond acceptors (Lipinski definition) is 4. The highest BCUT2D eigenvalue weighted by molar-refractivity contribution is 5.53. The molecule has 0 unspecified atom stereocenters. The fourth-order valence-corrected chi connectivity index (χ4v) is 2.46. The molecule has 0 aliphatic carbocycles. The Labute approximate surface area is 133 Å². The van der Waals surface area contributed by atoms with Crippen molar-refractivity contribution in [2.45, 2.75) is 64.8 Å². The van der Waals surface area contributed by atoms with Crippen molar-refractivity contribution >= 4 is 0 Å². The van der Waals surface area contributed by atoms with Gasteiger partial charge in [-0.05, 0) is 37.5 Å². The lowest BCUT2D eigenvalue weighted by molar-refractivity contribution is 0.418. The van der Waals surface area contributed by atoms with Crippen LogP contribution >= 0.6 is 0 Å². The predicted octanol–water partition coefficient (Wildman–Crippen LogP) is 4.66. The maximum absolute atomic E-state index is 5.74. The number of nitrogens with zero attached hydrogens (tertiary/aromatic N) is 2. The van der Waals surface area contributed by atoms with Crippen molar-refractivity contribution in [2.75, 3.05) is 0 Å². The highest BCUT2D eigenvalue weighted by Crippen LogP contribution is 2.20. The van der Waals surface area contributed by atoms with Gasteiger partial charge in [-0.3, -0.25) is 0 Å². The molecular formula is C18H27N3O. The van der Waals surface area contributed by atoms with Crippen LogP contribution in [0.3, 0.4) is 0 Å². The van der Waals surface area contributed by atoms with Gasteiger partial charge in [-0.15, -0.1) is 0 Å². The Morgan fingerprint density at radius 1 is 1.05 bits per heavy atom. The molecule has 0 bridgehead atoms. The highest BCUT2D eigenvalue weighted by atomic mass is 16.5. The predicted molar refractivity (Wildman–Crippen MR) is 89.4 cm³/mol. The van der Waals surface area contributed by atoms with Crippen LogP contribution in [0.2, 0.25) is 0 Å². The van der Waals surface area contributed by atoms with E-state index in [-0.39, 0.29) is 6.04 Å². The maximum Gasteiger partial charge on any atom is 0.257 e. The Hall–Kier alpha value is -1.68. The van der Waals surface area contributed by atoms with Gasteiger partial charge < -0.3 is 10.3 Å². The summed E-state index contributed by atoms with van der Waals surface area (Å²) in [6.07, 6.45) is 9.12. The minimum atomic E-state index is -0.204. The molecule has 0 saturated heterocycles. The first kappa shape index (κ1) is 16.7. The number of aromatic nitrogens is 2. The third kappa shape index (κ3) is 4.95. The molecule has 22 heavy (non-hydrogen) atoms. The highest BCUT2D eigenvalue weighted by Gasteiger charge is 2.11. The maximum atomic E-state index is 5.74. The second-order valence-corrected chi connectivity index (χ2v) is 5.96. The third-order valence-electron chi connectivity index (χ3n) is 3.87. The zero-order chi connectivity index (χ0) is 15.8. The Morgan fingerprint density at radius 3 is 2.36 bits per heavy atom. The van der Waals surface area contributed by atoms with Crippen LogP contribution in [0.4, 0.5) is 0 Å². The van der Waals surface area contributed by atoms with Gasteiger partial charge in [0.15, 0.2) is 5.82 Å². The molecule has 0 spiro atoms. The van der Waals surface area contributed by atoms with Crippen LogP contribution in [-0.4, -0.2) is 10.1 Å². The Bertz CT molecular complexity index is 546. The summed E-state index contributed by atoms with van der Waals surface area (Å²) < 4.78 is 5.25. The molecule has 0 saturated carbocycles. The van der Waals surface area contributed by atoms with Gasteiger partial charge in [0.1, 0.15) is 0 Å². The Kier molecular flexibility index (Phi) is 6.59. The molecule has 2 N–H and O–H groups in total. The molecule has 1 aromatic carbocycles. The monoisotopic (exact) mass is 301 g/mol. The normalized spacial score (nSPS) is 12.5. The summed E-state index contributed by atoms with van der Waals surface area (Å²) in [5.74, 6) is 1.09. The van der Waals surface area contributed by atoms with Gasteiger partial charge in [-0.1, -0.05) is 56.3 Å².